The number of nitrogens with zero attached hydrogens (tertiary/aromatic N) is 3. The van der Waals surface area contributed by atoms with Gasteiger partial charge in [-0.3, -0.25) is 9.69 Å². The lowest BCUT2D eigenvalue weighted by molar-refractivity contribution is 0.0989. The van der Waals surface area contributed by atoms with Crippen molar-refractivity contribution in [3.63, 3.8) is 0 Å². The predicted octanol–water partition coefficient (Wildman–Crippen LogP) is 6.33. The van der Waals surface area contributed by atoms with Gasteiger partial charge >= 0.3 is 0 Å². The van der Waals surface area contributed by atoms with Crippen LogP contribution in [0.4, 0.5) is 5.13 Å². The molecule has 2 aromatic heterocycles. The van der Waals surface area contributed by atoms with Crippen molar-refractivity contribution in [3.05, 3.63) is 56.9 Å². The second-order valence-corrected chi connectivity index (χ2v) is 9.94. The number of anilines is 1. The molecule has 4 nitrogen and oxygen atoms in total. The summed E-state index contributed by atoms with van der Waals surface area (Å²) in [5.74, 6) is -0.124. The number of carbonyl (C=O) groups is 1. The van der Waals surface area contributed by atoms with Crippen molar-refractivity contribution in [3.8, 4) is 0 Å². The van der Waals surface area contributed by atoms with Crippen LogP contribution in [0.3, 0.4) is 0 Å². The van der Waals surface area contributed by atoms with Gasteiger partial charge in [0.15, 0.2) is 5.13 Å². The lowest BCUT2D eigenvalue weighted by atomic mass is 10.2. The van der Waals surface area contributed by atoms with E-state index in [9.17, 15) is 4.79 Å². The fourth-order valence-corrected chi connectivity index (χ4v) is 6.02. The van der Waals surface area contributed by atoms with Crippen LogP contribution >= 0.6 is 45.9 Å². The van der Waals surface area contributed by atoms with E-state index in [0.717, 1.165) is 25.9 Å². The van der Waals surface area contributed by atoms with Crippen LogP contribution in [-0.2, 0) is 0 Å². The first kappa shape index (κ1) is 20.6. The maximum absolute atomic E-state index is 13.6. The summed E-state index contributed by atoms with van der Waals surface area (Å²) in [4.78, 5) is 22.6. The van der Waals surface area contributed by atoms with Gasteiger partial charge in [-0.25, -0.2) is 4.98 Å². The highest BCUT2D eigenvalue weighted by Gasteiger charge is 2.26. The van der Waals surface area contributed by atoms with Crippen LogP contribution < -0.4 is 4.90 Å². The fourth-order valence-electron chi connectivity index (χ4n) is 3.12. The zero-order valence-corrected chi connectivity index (χ0v) is 19.3. The van der Waals surface area contributed by atoms with E-state index < -0.39 is 0 Å². The highest BCUT2D eigenvalue weighted by Crippen LogP contribution is 2.38. The number of amides is 1. The molecule has 8 heteroatoms. The molecule has 0 aliphatic carbocycles. The van der Waals surface area contributed by atoms with Crippen LogP contribution in [0.15, 0.2) is 36.4 Å². The van der Waals surface area contributed by atoms with E-state index in [1.54, 1.807) is 4.90 Å². The Bertz CT molecular complexity index is 1220. The maximum Gasteiger partial charge on any atom is 0.271 e. The Hall–Kier alpha value is -1.70. The van der Waals surface area contributed by atoms with E-state index in [-0.39, 0.29) is 5.91 Å². The molecule has 0 saturated heterocycles. The van der Waals surface area contributed by atoms with Gasteiger partial charge in [-0.15, -0.1) is 11.3 Å². The number of hydrogen-bond acceptors (Lipinski definition) is 5. The normalized spacial score (nSPS) is 11.7. The second kappa shape index (κ2) is 8.20. The second-order valence-electron chi connectivity index (χ2n) is 7.07. The van der Waals surface area contributed by atoms with Gasteiger partial charge in [-0.05, 0) is 44.8 Å². The van der Waals surface area contributed by atoms with E-state index in [4.69, 9.17) is 28.2 Å². The summed E-state index contributed by atoms with van der Waals surface area (Å²) < 4.78 is 1.97. The Morgan fingerprint density at radius 2 is 1.83 bits per heavy atom. The fraction of sp³-hybridized carbons (Fsp3) is 0.238. The largest absolute Gasteiger partial charge is 0.308 e. The number of halogens is 2. The Morgan fingerprint density at radius 3 is 2.55 bits per heavy atom. The van der Waals surface area contributed by atoms with Crippen molar-refractivity contribution in [1.82, 2.24) is 9.88 Å². The van der Waals surface area contributed by atoms with E-state index in [1.165, 1.54) is 22.7 Å². The maximum atomic E-state index is 13.6. The van der Waals surface area contributed by atoms with Gasteiger partial charge in [-0.1, -0.05) is 52.7 Å². The first-order chi connectivity index (χ1) is 13.8. The summed E-state index contributed by atoms with van der Waals surface area (Å²) in [7, 11) is 3.97. The Balaban J connectivity index is 1.80. The van der Waals surface area contributed by atoms with Crippen molar-refractivity contribution >= 4 is 77.2 Å². The van der Waals surface area contributed by atoms with Crippen molar-refractivity contribution < 1.29 is 4.79 Å². The highest BCUT2D eigenvalue weighted by molar-refractivity contribution is 7.23. The Labute approximate surface area is 187 Å². The molecule has 4 aromatic rings. The number of thiophene rings is 1. The molecule has 0 spiro atoms. The van der Waals surface area contributed by atoms with Gasteiger partial charge in [0.25, 0.3) is 5.91 Å². The van der Waals surface area contributed by atoms with Crippen molar-refractivity contribution in [2.45, 2.75) is 6.92 Å². The lowest BCUT2D eigenvalue weighted by Crippen LogP contribution is -2.36. The van der Waals surface area contributed by atoms with Crippen LogP contribution in [0.5, 0.6) is 0 Å². The summed E-state index contributed by atoms with van der Waals surface area (Å²) in [6.45, 7) is 3.21. The van der Waals surface area contributed by atoms with Gasteiger partial charge in [0, 0.05) is 28.2 Å². The summed E-state index contributed by atoms with van der Waals surface area (Å²) in [6, 6.07) is 11.6. The SMILES string of the molecule is Cc1cc(Cl)cc2sc(N(CCN(C)C)C(=O)c3sc4ccccc4c3Cl)nc12. The standard InChI is InChI=1S/C21H19Cl2N3OS2/c1-12-10-13(22)11-16-18(12)24-21(29-16)26(9-8-25(2)3)20(27)19-17(23)14-6-4-5-7-15(14)28-19/h4-7,10-11H,8-9H2,1-3H3. The zero-order valence-electron chi connectivity index (χ0n) is 16.2. The zero-order chi connectivity index (χ0) is 20.7. The molecule has 0 fully saturated rings. The third-order valence-electron chi connectivity index (χ3n) is 4.62. The monoisotopic (exact) mass is 463 g/mol. The molecule has 0 N–H and O–H groups in total. The van der Waals surface area contributed by atoms with Crippen molar-refractivity contribution in [1.29, 1.82) is 0 Å². The molecule has 150 valence electrons. The molecule has 0 aliphatic heterocycles. The van der Waals surface area contributed by atoms with E-state index >= 15 is 0 Å². The topological polar surface area (TPSA) is 36.4 Å². The van der Waals surface area contributed by atoms with Crippen molar-refractivity contribution in [2.24, 2.45) is 0 Å². The summed E-state index contributed by atoms with van der Waals surface area (Å²) in [6.07, 6.45) is 0. The molecule has 0 aliphatic rings. The molecule has 0 saturated carbocycles. The van der Waals surface area contributed by atoms with Crippen molar-refractivity contribution in [2.75, 3.05) is 32.1 Å². The molecule has 1 amide bonds. The molecule has 2 heterocycles. The molecule has 4 rings (SSSR count). The van der Waals surface area contributed by atoms with Gasteiger partial charge in [0.05, 0.1) is 15.2 Å². The molecular weight excluding hydrogens is 445 g/mol. The van der Waals surface area contributed by atoms with E-state index in [2.05, 4.69) is 0 Å². The smallest absolute Gasteiger partial charge is 0.271 e. The number of aryl methyl sites for hydroxylation is 1. The first-order valence-electron chi connectivity index (χ1n) is 9.05. The highest BCUT2D eigenvalue weighted by atomic mass is 35.5. The van der Waals surface area contributed by atoms with Crippen LogP contribution in [0.2, 0.25) is 10.0 Å². The van der Waals surface area contributed by atoms with Gasteiger partial charge in [0.2, 0.25) is 0 Å². The average molecular weight is 464 g/mol. The molecule has 0 bridgehead atoms. The number of benzene rings is 2. The van der Waals surface area contributed by atoms with Gasteiger partial charge in [-0.2, -0.15) is 0 Å². The van der Waals surface area contributed by atoms with Crippen LogP contribution in [0.25, 0.3) is 20.3 Å². The summed E-state index contributed by atoms with van der Waals surface area (Å²) >= 11 is 15.7. The third kappa shape index (κ3) is 4.00. The number of hydrogen-bond donors (Lipinski definition) is 0. The minimum absolute atomic E-state index is 0.124. The van der Waals surface area contributed by atoms with Crippen LogP contribution in [-0.4, -0.2) is 43.0 Å². The van der Waals surface area contributed by atoms with E-state index in [0.29, 0.717) is 33.1 Å². The predicted molar refractivity (Wildman–Crippen MR) is 126 cm³/mol. The molecule has 0 unspecified atom stereocenters. The number of fused-ring (bicyclic) bond motifs is 2. The molecule has 2 aromatic carbocycles. The molecule has 29 heavy (non-hydrogen) atoms. The third-order valence-corrected chi connectivity index (χ3v) is 7.52. The molecular formula is C21H19Cl2N3OS2. The number of thiazole rings is 1. The number of likely N-dealkylation sites (N-methyl/N-ethyl adjacent to an activating group) is 1. The molecule has 0 radical (unpaired) electrons. The summed E-state index contributed by atoms with van der Waals surface area (Å²) in [5.41, 5.74) is 1.87. The van der Waals surface area contributed by atoms with Gasteiger partial charge in [0.1, 0.15) is 4.88 Å². The first-order valence-corrected chi connectivity index (χ1v) is 11.4. The number of carbonyl (C=O) groups excluding carboxylic acids is 1. The lowest BCUT2D eigenvalue weighted by Gasteiger charge is -2.21. The summed E-state index contributed by atoms with van der Waals surface area (Å²) in [5, 5.41) is 2.74. The van der Waals surface area contributed by atoms with Crippen LogP contribution in [0.1, 0.15) is 15.2 Å². The minimum Gasteiger partial charge on any atom is -0.308 e. The quantitative estimate of drug-likeness (QED) is 0.346. The average Bonchev–Trinajstić information content (AvgIpc) is 3.23. The molecule has 0 atom stereocenters. The Kier molecular flexibility index (Phi) is 5.82. The number of aromatic nitrogens is 1. The van der Waals surface area contributed by atoms with E-state index in [1.807, 2.05) is 62.3 Å². The Morgan fingerprint density at radius 1 is 1.07 bits per heavy atom. The number of rotatable bonds is 5. The minimum atomic E-state index is -0.124. The van der Waals surface area contributed by atoms with Crippen LogP contribution in [0, 0.1) is 6.92 Å². The van der Waals surface area contributed by atoms with Gasteiger partial charge < -0.3 is 4.90 Å².